The molecule has 7 heteroatoms. The van der Waals surface area contributed by atoms with Crippen LogP contribution in [-0.2, 0) is 6.54 Å². The molecule has 2 aliphatic rings. The fourth-order valence-corrected chi connectivity index (χ4v) is 5.18. The largest absolute Gasteiger partial charge is 0.388 e. The molecular formula is C28H28N6O. The third-order valence-electron chi connectivity index (χ3n) is 7.16. The summed E-state index contributed by atoms with van der Waals surface area (Å²) in [6, 6.07) is 17.9. The van der Waals surface area contributed by atoms with Gasteiger partial charge in [-0.1, -0.05) is 31.4 Å². The summed E-state index contributed by atoms with van der Waals surface area (Å²) in [7, 11) is 0. The minimum absolute atomic E-state index is 0.507. The highest BCUT2D eigenvalue weighted by Gasteiger charge is 2.32. The molecule has 3 aromatic heterocycles. The molecule has 6 rings (SSSR count). The first-order valence-corrected chi connectivity index (χ1v) is 12.4. The molecule has 0 atom stereocenters. The van der Waals surface area contributed by atoms with Crippen LogP contribution in [0.1, 0.15) is 62.0 Å². The minimum Gasteiger partial charge on any atom is -0.388 e. The van der Waals surface area contributed by atoms with E-state index < -0.39 is 5.60 Å². The summed E-state index contributed by atoms with van der Waals surface area (Å²) in [5.74, 6) is 2.56. The highest BCUT2D eigenvalue weighted by Crippen LogP contribution is 2.42. The summed E-state index contributed by atoms with van der Waals surface area (Å²) in [5, 5.41) is 24.0. The second-order valence-corrected chi connectivity index (χ2v) is 9.91. The molecule has 1 aromatic carbocycles. The van der Waals surface area contributed by atoms with Crippen molar-refractivity contribution in [1.82, 2.24) is 19.5 Å². The van der Waals surface area contributed by atoms with Gasteiger partial charge in [-0.2, -0.15) is 5.26 Å². The first kappa shape index (κ1) is 21.8. The average Bonchev–Trinajstić information content (AvgIpc) is 3.67. The van der Waals surface area contributed by atoms with Gasteiger partial charge in [-0.3, -0.25) is 0 Å². The van der Waals surface area contributed by atoms with Gasteiger partial charge in [0, 0.05) is 6.20 Å². The molecule has 0 spiro atoms. The zero-order valence-electron chi connectivity index (χ0n) is 19.6. The normalized spacial score (nSPS) is 17.3. The van der Waals surface area contributed by atoms with E-state index in [0.29, 0.717) is 29.7 Å². The van der Waals surface area contributed by atoms with Crippen LogP contribution in [0, 0.1) is 11.3 Å². The number of anilines is 2. The second-order valence-electron chi connectivity index (χ2n) is 9.91. The molecule has 0 amide bonds. The topological polar surface area (TPSA) is 99.7 Å². The molecule has 0 radical (unpaired) electrons. The van der Waals surface area contributed by atoms with Crippen molar-refractivity contribution in [2.24, 2.45) is 0 Å². The third-order valence-corrected chi connectivity index (χ3v) is 7.16. The molecule has 2 N–H and O–H groups in total. The van der Waals surface area contributed by atoms with Gasteiger partial charge in [0.1, 0.15) is 17.3 Å². The lowest BCUT2D eigenvalue weighted by Gasteiger charge is -2.33. The van der Waals surface area contributed by atoms with E-state index in [1.807, 2.05) is 18.2 Å². The highest BCUT2D eigenvalue weighted by atomic mass is 16.3. The third kappa shape index (κ3) is 4.50. The van der Waals surface area contributed by atoms with Crippen LogP contribution in [0.5, 0.6) is 0 Å². The average molecular weight is 465 g/mol. The maximum atomic E-state index is 11.4. The molecular weight excluding hydrogens is 436 g/mol. The fourth-order valence-electron chi connectivity index (χ4n) is 5.18. The van der Waals surface area contributed by atoms with Gasteiger partial charge in [-0.05, 0) is 73.6 Å². The Hall–Kier alpha value is -3.76. The number of fused-ring (bicyclic) bond motifs is 1. The van der Waals surface area contributed by atoms with E-state index in [2.05, 4.69) is 39.1 Å². The van der Waals surface area contributed by atoms with Crippen LogP contribution in [-0.4, -0.2) is 30.2 Å². The summed E-state index contributed by atoms with van der Waals surface area (Å²) in [6.45, 7) is 0.507. The molecule has 2 saturated carbocycles. The van der Waals surface area contributed by atoms with Gasteiger partial charge in [-0.25, -0.2) is 15.0 Å². The maximum Gasteiger partial charge on any atom is 0.160 e. The van der Waals surface area contributed by atoms with Crippen LogP contribution < -0.4 is 5.32 Å². The zero-order chi connectivity index (χ0) is 23.8. The summed E-state index contributed by atoms with van der Waals surface area (Å²) in [6.07, 6.45) is 8.86. The zero-order valence-corrected chi connectivity index (χ0v) is 19.6. The number of pyridine rings is 2. The molecule has 2 aliphatic carbocycles. The van der Waals surface area contributed by atoms with Crippen LogP contribution in [0.3, 0.4) is 0 Å². The van der Waals surface area contributed by atoms with Crippen molar-refractivity contribution in [2.45, 2.75) is 63.0 Å². The number of hydrogen-bond donors (Lipinski definition) is 2. The van der Waals surface area contributed by atoms with E-state index in [1.54, 1.807) is 18.3 Å². The number of imidazole rings is 1. The maximum absolute atomic E-state index is 11.4. The van der Waals surface area contributed by atoms with Gasteiger partial charge < -0.3 is 15.0 Å². The number of benzene rings is 1. The Morgan fingerprint density at radius 1 is 1.03 bits per heavy atom. The SMILES string of the molecule is N#Cc1ccnc(Nc2cc(C3CC3)cc(-c3nc4ccccc4n3CC3(O)CCCCC3)n2)c1. The van der Waals surface area contributed by atoms with Crippen LogP contribution in [0.4, 0.5) is 11.6 Å². The number of aromatic nitrogens is 4. The molecule has 4 aromatic rings. The van der Waals surface area contributed by atoms with Gasteiger partial charge in [0.15, 0.2) is 5.82 Å². The van der Waals surface area contributed by atoms with E-state index >= 15 is 0 Å². The molecule has 0 aliphatic heterocycles. The smallest absolute Gasteiger partial charge is 0.160 e. The number of rotatable bonds is 6. The predicted octanol–water partition coefficient (Wildman–Crippen LogP) is 5.68. The van der Waals surface area contributed by atoms with Crippen molar-refractivity contribution in [3.8, 4) is 17.6 Å². The van der Waals surface area contributed by atoms with Crippen LogP contribution in [0.25, 0.3) is 22.6 Å². The van der Waals surface area contributed by atoms with Gasteiger partial charge in [0.25, 0.3) is 0 Å². The first-order valence-electron chi connectivity index (χ1n) is 12.4. The summed E-state index contributed by atoms with van der Waals surface area (Å²) >= 11 is 0. The van der Waals surface area contributed by atoms with Crippen LogP contribution in [0.2, 0.25) is 0 Å². The fraction of sp³-hybridized carbons (Fsp3) is 0.357. The summed E-state index contributed by atoms with van der Waals surface area (Å²) in [5.41, 5.74) is 3.74. The number of nitriles is 1. The monoisotopic (exact) mass is 464 g/mol. The standard InChI is InChI=1S/C28H28N6O/c29-17-19-10-13-30-25(14-19)33-26-16-21(20-8-9-20)15-23(31-26)27-32-22-6-2-3-7-24(22)34(27)18-28(35)11-4-1-5-12-28/h2-3,6-7,10,13-16,20,35H,1,4-5,8-9,11-12,18H2,(H,30,31,33). The molecule has 176 valence electrons. The lowest BCUT2D eigenvalue weighted by atomic mass is 9.85. The number of aliphatic hydroxyl groups is 1. The van der Waals surface area contributed by atoms with Crippen LogP contribution >= 0.6 is 0 Å². The quantitative estimate of drug-likeness (QED) is 0.381. The molecule has 0 saturated heterocycles. The predicted molar refractivity (Wildman–Crippen MR) is 135 cm³/mol. The Balaban J connectivity index is 1.44. The minimum atomic E-state index is -0.729. The van der Waals surface area contributed by atoms with Gasteiger partial charge in [0.2, 0.25) is 0 Å². The number of hydrogen-bond acceptors (Lipinski definition) is 6. The van der Waals surface area contributed by atoms with E-state index in [4.69, 9.17) is 9.97 Å². The van der Waals surface area contributed by atoms with Crippen molar-refractivity contribution in [2.75, 3.05) is 5.32 Å². The molecule has 7 nitrogen and oxygen atoms in total. The van der Waals surface area contributed by atoms with Gasteiger partial charge in [0.05, 0.1) is 34.8 Å². The first-order chi connectivity index (χ1) is 17.1. The summed E-state index contributed by atoms with van der Waals surface area (Å²) < 4.78 is 2.15. The van der Waals surface area contributed by atoms with E-state index in [9.17, 15) is 10.4 Å². The molecule has 2 fully saturated rings. The number of nitrogens with zero attached hydrogens (tertiary/aromatic N) is 5. The lowest BCUT2D eigenvalue weighted by Crippen LogP contribution is -2.36. The van der Waals surface area contributed by atoms with Gasteiger partial charge in [-0.15, -0.1) is 0 Å². The van der Waals surface area contributed by atoms with E-state index in [-0.39, 0.29) is 0 Å². The van der Waals surface area contributed by atoms with Gasteiger partial charge >= 0.3 is 0 Å². The van der Waals surface area contributed by atoms with Crippen molar-refractivity contribution in [1.29, 1.82) is 5.26 Å². The summed E-state index contributed by atoms with van der Waals surface area (Å²) in [4.78, 5) is 14.3. The van der Waals surface area contributed by atoms with Crippen molar-refractivity contribution < 1.29 is 5.11 Å². The highest BCUT2D eigenvalue weighted by molar-refractivity contribution is 5.80. The van der Waals surface area contributed by atoms with E-state index in [1.165, 1.54) is 24.8 Å². The molecule has 35 heavy (non-hydrogen) atoms. The Morgan fingerprint density at radius 2 is 1.86 bits per heavy atom. The Morgan fingerprint density at radius 3 is 2.66 bits per heavy atom. The van der Waals surface area contributed by atoms with Crippen molar-refractivity contribution >= 4 is 22.7 Å². The molecule has 3 heterocycles. The van der Waals surface area contributed by atoms with Crippen molar-refractivity contribution in [3.63, 3.8) is 0 Å². The number of para-hydroxylation sites is 2. The lowest BCUT2D eigenvalue weighted by molar-refractivity contribution is -0.0102. The Labute approximate surface area is 204 Å². The second kappa shape index (κ2) is 8.79. The van der Waals surface area contributed by atoms with Crippen LogP contribution in [0.15, 0.2) is 54.7 Å². The number of nitrogens with one attached hydrogen (secondary N) is 1. The van der Waals surface area contributed by atoms with Crippen molar-refractivity contribution in [3.05, 3.63) is 65.9 Å². The Bertz CT molecular complexity index is 1430. The Kier molecular flexibility index (Phi) is 5.46. The molecule has 0 unspecified atom stereocenters. The molecule has 0 bridgehead atoms. The van der Waals surface area contributed by atoms with E-state index in [0.717, 1.165) is 48.2 Å².